The average molecular weight is 514 g/mol. The fourth-order valence-corrected chi connectivity index (χ4v) is 4.04. The highest BCUT2D eigenvalue weighted by Crippen LogP contribution is 2.30. The van der Waals surface area contributed by atoms with Crippen molar-refractivity contribution in [3.05, 3.63) is 93.4 Å². The van der Waals surface area contributed by atoms with Crippen LogP contribution in [0, 0.1) is 6.92 Å². The van der Waals surface area contributed by atoms with Crippen LogP contribution in [-0.2, 0) is 5.41 Å². The molecule has 186 valence electrons. The highest BCUT2D eigenvalue weighted by molar-refractivity contribution is 8.00. The molecule has 2 aromatic carbocycles. The summed E-state index contributed by atoms with van der Waals surface area (Å²) in [6.45, 7) is 12.1. The number of methoxy groups -OCH3 is 1. The van der Waals surface area contributed by atoms with Crippen LogP contribution in [0.1, 0.15) is 42.3 Å². The predicted molar refractivity (Wildman–Crippen MR) is 148 cm³/mol. The molecular weight excluding hydrogens is 482 g/mol. The van der Waals surface area contributed by atoms with Gasteiger partial charge in [-0.15, -0.1) is 0 Å². The van der Waals surface area contributed by atoms with Crippen molar-refractivity contribution in [2.45, 2.75) is 38.0 Å². The Kier molecular flexibility index (Phi) is 10.0. The van der Waals surface area contributed by atoms with Crippen molar-refractivity contribution in [3.63, 3.8) is 0 Å². The molecule has 3 rings (SSSR count). The maximum Gasteiger partial charge on any atom is 0.250 e. The van der Waals surface area contributed by atoms with Gasteiger partial charge in [-0.05, 0) is 71.9 Å². The lowest BCUT2D eigenvalue weighted by atomic mass is 9.87. The van der Waals surface area contributed by atoms with Crippen LogP contribution >= 0.6 is 23.5 Å². The molecule has 6 nitrogen and oxygen atoms in total. The quantitative estimate of drug-likeness (QED) is 0.266. The average Bonchev–Trinajstić information content (AvgIpc) is 2.83. The molecule has 35 heavy (non-hydrogen) atoms. The third kappa shape index (κ3) is 7.67. The molecule has 0 saturated heterocycles. The van der Waals surface area contributed by atoms with Gasteiger partial charge in [-0.1, -0.05) is 51.1 Å². The Morgan fingerprint density at radius 1 is 1.11 bits per heavy atom. The molecule has 0 amide bonds. The number of benzene rings is 2. The Hall–Kier alpha value is -3.16. The number of hydrogen-bond acceptors (Lipinski definition) is 6. The topological polar surface area (TPSA) is 74.4 Å². The smallest absolute Gasteiger partial charge is 0.250 e. The van der Waals surface area contributed by atoms with E-state index in [4.69, 9.17) is 16.3 Å². The predicted octanol–water partition coefficient (Wildman–Crippen LogP) is 6.84. The number of rotatable bonds is 7. The maximum atomic E-state index is 11.1. The molecule has 0 unspecified atom stereocenters. The molecule has 0 aliphatic heterocycles. The minimum Gasteiger partial charge on any atom is -0.481 e. The van der Waals surface area contributed by atoms with E-state index in [0.29, 0.717) is 16.5 Å². The second-order valence-corrected chi connectivity index (χ2v) is 10.1. The monoisotopic (exact) mass is 513 g/mol. The summed E-state index contributed by atoms with van der Waals surface area (Å²) in [6, 6.07) is 15.3. The highest BCUT2D eigenvalue weighted by Gasteiger charge is 2.13. The van der Waals surface area contributed by atoms with Crippen LogP contribution < -0.4 is 19.9 Å². The van der Waals surface area contributed by atoms with Gasteiger partial charge in [0, 0.05) is 29.3 Å². The number of hydrogen-bond donors (Lipinski definition) is 2. The Bertz CT molecular complexity index is 1220. The third-order valence-electron chi connectivity index (χ3n) is 5.30. The molecular formula is C27H32ClN3O3S. The van der Waals surface area contributed by atoms with Crippen molar-refractivity contribution in [3.8, 4) is 5.88 Å². The van der Waals surface area contributed by atoms with Crippen molar-refractivity contribution in [1.29, 1.82) is 0 Å². The van der Waals surface area contributed by atoms with E-state index in [9.17, 15) is 9.59 Å². The van der Waals surface area contributed by atoms with Crippen LogP contribution in [0.2, 0.25) is 5.02 Å². The van der Waals surface area contributed by atoms with Crippen molar-refractivity contribution in [1.82, 2.24) is 4.98 Å². The maximum absolute atomic E-state index is 11.1. The largest absolute Gasteiger partial charge is 0.481 e. The second kappa shape index (κ2) is 12.5. The van der Waals surface area contributed by atoms with Crippen LogP contribution in [0.4, 0.5) is 11.4 Å². The summed E-state index contributed by atoms with van der Waals surface area (Å²) >= 11 is 7.54. The van der Waals surface area contributed by atoms with Crippen LogP contribution in [0.25, 0.3) is 0 Å². The summed E-state index contributed by atoms with van der Waals surface area (Å²) in [4.78, 5) is 27.5. The van der Waals surface area contributed by atoms with Crippen molar-refractivity contribution >= 4 is 41.2 Å². The fourth-order valence-electron chi connectivity index (χ4n) is 3.07. The number of aromatic nitrogens is 1. The molecule has 0 atom stereocenters. The Morgan fingerprint density at radius 3 is 2.31 bits per heavy atom. The third-order valence-corrected chi connectivity index (χ3v) is 6.46. The minimum absolute atomic E-state index is 0.155. The van der Waals surface area contributed by atoms with Gasteiger partial charge in [0.15, 0.2) is 6.29 Å². The van der Waals surface area contributed by atoms with E-state index in [2.05, 4.69) is 61.3 Å². The van der Waals surface area contributed by atoms with Crippen molar-refractivity contribution in [2.24, 2.45) is 0 Å². The van der Waals surface area contributed by atoms with E-state index in [-0.39, 0.29) is 11.0 Å². The molecule has 0 radical (unpaired) electrons. The summed E-state index contributed by atoms with van der Waals surface area (Å²) in [6.07, 6.45) is 2.43. The second-order valence-electron chi connectivity index (χ2n) is 8.76. The standard InChI is InChI=1S/C18H20ClNOS.C9H12N2O2/c1-12-15(11-21)16(19)9-10-17(12)20-22-14-7-5-13(6-8-14)18(2,3)4;1-4-11(2)7-5-6-8(12)10-9(7)13-3/h5-11,20H,1-4H3;4-6H,1H2,2-3H3,(H,10,12). The number of anilines is 2. The number of aromatic amines is 1. The molecule has 1 aromatic heterocycles. The lowest BCUT2D eigenvalue weighted by Gasteiger charge is -2.19. The molecule has 1 heterocycles. The van der Waals surface area contributed by atoms with Crippen LogP contribution in [0.5, 0.6) is 5.88 Å². The highest BCUT2D eigenvalue weighted by atomic mass is 35.5. The summed E-state index contributed by atoms with van der Waals surface area (Å²) in [7, 11) is 3.33. The molecule has 0 saturated carbocycles. The zero-order valence-electron chi connectivity index (χ0n) is 20.9. The van der Waals surface area contributed by atoms with Gasteiger partial charge in [0.25, 0.3) is 5.56 Å². The van der Waals surface area contributed by atoms with Gasteiger partial charge >= 0.3 is 0 Å². The van der Waals surface area contributed by atoms with Gasteiger partial charge in [0.1, 0.15) is 5.69 Å². The number of H-pyrrole nitrogens is 1. The molecule has 2 N–H and O–H groups in total. The number of aldehydes is 1. The first-order valence-corrected chi connectivity index (χ1v) is 12.1. The normalized spacial score (nSPS) is 10.6. The van der Waals surface area contributed by atoms with Gasteiger partial charge in [-0.2, -0.15) is 0 Å². The lowest BCUT2D eigenvalue weighted by molar-refractivity contribution is 0.112. The molecule has 0 spiro atoms. The number of carbonyl (C=O) groups excluding carboxylic acids is 1. The zero-order chi connectivity index (χ0) is 26.2. The minimum atomic E-state index is -0.182. The van der Waals surface area contributed by atoms with E-state index >= 15 is 0 Å². The van der Waals surface area contributed by atoms with Crippen LogP contribution in [0.15, 0.2) is 71.0 Å². The Labute approximate surface area is 216 Å². The van der Waals surface area contributed by atoms with Gasteiger partial charge in [-0.3, -0.25) is 14.6 Å². The molecule has 3 aromatic rings. The summed E-state index contributed by atoms with van der Waals surface area (Å²) < 4.78 is 8.29. The number of carbonyl (C=O) groups is 1. The van der Waals surface area contributed by atoms with Gasteiger partial charge in [0.2, 0.25) is 5.88 Å². The molecule has 0 bridgehead atoms. The number of nitrogens with one attached hydrogen (secondary N) is 2. The van der Waals surface area contributed by atoms with E-state index < -0.39 is 0 Å². The van der Waals surface area contributed by atoms with Crippen molar-refractivity contribution in [2.75, 3.05) is 23.8 Å². The van der Waals surface area contributed by atoms with Gasteiger partial charge in [-0.25, -0.2) is 0 Å². The molecule has 0 aliphatic carbocycles. The number of ether oxygens (including phenoxy) is 1. The first kappa shape index (κ1) is 28.1. The van der Waals surface area contributed by atoms with E-state index in [1.54, 1.807) is 23.2 Å². The SMILES string of the molecule is C=CN(C)c1ccc(=O)[nH]c1OC.Cc1c(NSc2ccc(C(C)(C)C)cc2)ccc(Cl)c1C=O. The Morgan fingerprint density at radius 2 is 1.77 bits per heavy atom. The lowest BCUT2D eigenvalue weighted by Crippen LogP contribution is -2.13. The fraction of sp³-hybridized carbons (Fsp3) is 0.259. The molecule has 0 aliphatic rings. The zero-order valence-corrected chi connectivity index (χ0v) is 22.5. The van der Waals surface area contributed by atoms with Gasteiger partial charge in [0.05, 0.1) is 12.1 Å². The number of halogens is 1. The Balaban J connectivity index is 0.000000283. The molecule has 0 fully saturated rings. The number of nitrogens with zero attached hydrogens (tertiary/aromatic N) is 1. The first-order chi connectivity index (χ1) is 16.5. The molecule has 8 heteroatoms. The van der Waals surface area contributed by atoms with Crippen LogP contribution in [0.3, 0.4) is 0 Å². The summed E-state index contributed by atoms with van der Waals surface area (Å²) in [5.74, 6) is 0.440. The van der Waals surface area contributed by atoms with E-state index in [1.807, 2.05) is 20.0 Å². The summed E-state index contributed by atoms with van der Waals surface area (Å²) in [5.41, 5.74) is 4.35. The number of pyridine rings is 1. The van der Waals surface area contributed by atoms with E-state index in [1.165, 1.54) is 30.7 Å². The first-order valence-electron chi connectivity index (χ1n) is 10.9. The van der Waals surface area contributed by atoms with Crippen LogP contribution in [-0.4, -0.2) is 25.4 Å². The summed E-state index contributed by atoms with van der Waals surface area (Å²) in [5, 5.41) is 0.484. The van der Waals surface area contributed by atoms with Crippen molar-refractivity contribution < 1.29 is 9.53 Å². The van der Waals surface area contributed by atoms with E-state index in [0.717, 1.165) is 28.1 Å². The van der Waals surface area contributed by atoms with Gasteiger partial charge < -0.3 is 14.4 Å².